The number of pyridine rings is 1. The quantitative estimate of drug-likeness (QED) is 0.267. The Morgan fingerprint density at radius 1 is 1.11 bits per heavy atom. The first kappa shape index (κ1) is 25.3. The standard InChI is InChI=1S/C24H21ClFN5O4S/c1-12(32)28-23-30-16-9-10-19(31-22(16)36-23)34-13-7-8-15(26)17(11-13)29-21(33)14-5-4-6-18(20(14)25)35-24(2,3)27/h4-11H,27H2,1-3H3,(H,29,33)(H,28,30,32). The lowest BCUT2D eigenvalue weighted by atomic mass is 10.2. The maximum absolute atomic E-state index is 14.5. The summed E-state index contributed by atoms with van der Waals surface area (Å²) in [5.41, 5.74) is 5.40. The molecule has 0 saturated heterocycles. The lowest BCUT2D eigenvalue weighted by Crippen LogP contribution is -2.38. The summed E-state index contributed by atoms with van der Waals surface area (Å²) in [6.07, 6.45) is 0. The van der Waals surface area contributed by atoms with Gasteiger partial charge in [-0.15, -0.1) is 0 Å². The number of nitrogens with one attached hydrogen (secondary N) is 2. The molecule has 0 atom stereocenters. The third-order valence-electron chi connectivity index (χ3n) is 4.50. The number of hydrogen-bond donors (Lipinski definition) is 3. The van der Waals surface area contributed by atoms with Crippen molar-refractivity contribution >= 4 is 55.9 Å². The Morgan fingerprint density at radius 2 is 1.89 bits per heavy atom. The second-order valence-corrected chi connectivity index (χ2v) is 9.55. The number of aromatic nitrogens is 2. The third kappa shape index (κ3) is 6.06. The van der Waals surface area contributed by atoms with E-state index in [2.05, 4.69) is 20.6 Å². The molecule has 4 N–H and O–H groups in total. The van der Waals surface area contributed by atoms with E-state index in [1.165, 1.54) is 36.5 Å². The zero-order valence-electron chi connectivity index (χ0n) is 19.4. The number of ether oxygens (including phenoxy) is 2. The Kier molecular flexibility index (Phi) is 7.07. The topological polar surface area (TPSA) is 128 Å². The molecular weight excluding hydrogens is 509 g/mol. The van der Waals surface area contributed by atoms with E-state index >= 15 is 0 Å². The molecule has 36 heavy (non-hydrogen) atoms. The van der Waals surface area contributed by atoms with E-state index in [1.54, 1.807) is 38.1 Å². The number of hydrogen-bond acceptors (Lipinski definition) is 8. The average molecular weight is 530 g/mol. The molecule has 0 bridgehead atoms. The fourth-order valence-electron chi connectivity index (χ4n) is 3.08. The maximum atomic E-state index is 14.5. The minimum absolute atomic E-state index is 0.0435. The summed E-state index contributed by atoms with van der Waals surface area (Å²) in [5.74, 6) is -0.880. The molecule has 0 spiro atoms. The number of carbonyl (C=O) groups is 2. The maximum Gasteiger partial charge on any atom is 0.257 e. The summed E-state index contributed by atoms with van der Waals surface area (Å²) in [6.45, 7) is 4.67. The van der Waals surface area contributed by atoms with Crippen molar-refractivity contribution in [2.24, 2.45) is 5.73 Å². The highest BCUT2D eigenvalue weighted by atomic mass is 35.5. The Hall–Kier alpha value is -3.80. The predicted molar refractivity (Wildman–Crippen MR) is 136 cm³/mol. The number of halogens is 2. The molecule has 2 amide bonds. The van der Waals surface area contributed by atoms with Gasteiger partial charge in [-0.1, -0.05) is 29.0 Å². The monoisotopic (exact) mass is 529 g/mol. The second-order valence-electron chi connectivity index (χ2n) is 8.20. The summed E-state index contributed by atoms with van der Waals surface area (Å²) >= 11 is 7.52. The number of nitrogens with two attached hydrogens (primary N) is 1. The number of carbonyl (C=O) groups excluding carboxylic acids is 2. The van der Waals surface area contributed by atoms with Crippen LogP contribution in [0.2, 0.25) is 5.02 Å². The summed E-state index contributed by atoms with van der Waals surface area (Å²) in [7, 11) is 0. The van der Waals surface area contributed by atoms with Crippen LogP contribution in [0.4, 0.5) is 15.2 Å². The van der Waals surface area contributed by atoms with Crippen molar-refractivity contribution in [1.82, 2.24) is 9.97 Å². The van der Waals surface area contributed by atoms with E-state index in [0.29, 0.717) is 15.5 Å². The Morgan fingerprint density at radius 3 is 2.61 bits per heavy atom. The average Bonchev–Trinajstić information content (AvgIpc) is 3.17. The fraction of sp³-hybridized carbons (Fsp3) is 0.167. The van der Waals surface area contributed by atoms with Gasteiger partial charge in [0.25, 0.3) is 5.91 Å². The molecule has 0 aliphatic heterocycles. The number of rotatable bonds is 7. The molecule has 0 unspecified atom stereocenters. The molecule has 0 fully saturated rings. The lowest BCUT2D eigenvalue weighted by molar-refractivity contribution is -0.114. The van der Waals surface area contributed by atoms with Gasteiger partial charge in [0.1, 0.15) is 27.7 Å². The number of fused-ring (bicyclic) bond motifs is 1. The molecule has 186 valence electrons. The molecule has 0 aliphatic rings. The largest absolute Gasteiger partial charge is 0.472 e. The summed E-state index contributed by atoms with van der Waals surface area (Å²) in [5, 5.41) is 5.57. The van der Waals surface area contributed by atoms with Gasteiger partial charge in [0.2, 0.25) is 11.8 Å². The summed E-state index contributed by atoms with van der Waals surface area (Å²) in [4.78, 5) is 33.3. The van der Waals surface area contributed by atoms with E-state index < -0.39 is 17.4 Å². The van der Waals surface area contributed by atoms with Crippen LogP contribution in [-0.4, -0.2) is 27.5 Å². The molecule has 2 aromatic heterocycles. The van der Waals surface area contributed by atoms with Crippen LogP contribution in [0.25, 0.3) is 10.3 Å². The van der Waals surface area contributed by atoms with Gasteiger partial charge in [-0.2, -0.15) is 0 Å². The van der Waals surface area contributed by atoms with Gasteiger partial charge in [-0.25, -0.2) is 14.4 Å². The van der Waals surface area contributed by atoms with Crippen LogP contribution in [0.1, 0.15) is 31.1 Å². The van der Waals surface area contributed by atoms with Crippen molar-refractivity contribution in [3.63, 3.8) is 0 Å². The van der Waals surface area contributed by atoms with Gasteiger partial charge < -0.3 is 20.1 Å². The minimum Gasteiger partial charge on any atom is -0.472 e. The molecule has 9 nitrogen and oxygen atoms in total. The van der Waals surface area contributed by atoms with Gasteiger partial charge in [-0.05, 0) is 44.2 Å². The molecule has 0 saturated carbocycles. The van der Waals surface area contributed by atoms with Gasteiger partial charge >= 0.3 is 0 Å². The van der Waals surface area contributed by atoms with Crippen molar-refractivity contribution in [3.05, 3.63) is 64.9 Å². The first-order chi connectivity index (χ1) is 17.0. The van der Waals surface area contributed by atoms with Crippen molar-refractivity contribution in [2.75, 3.05) is 10.6 Å². The highest BCUT2D eigenvalue weighted by Gasteiger charge is 2.20. The van der Waals surface area contributed by atoms with Crippen LogP contribution in [0, 0.1) is 5.82 Å². The first-order valence-corrected chi connectivity index (χ1v) is 11.8. The van der Waals surface area contributed by atoms with Crippen LogP contribution in [-0.2, 0) is 4.79 Å². The third-order valence-corrected chi connectivity index (χ3v) is 5.77. The lowest BCUT2D eigenvalue weighted by Gasteiger charge is -2.22. The van der Waals surface area contributed by atoms with E-state index in [1.807, 2.05) is 0 Å². The summed E-state index contributed by atoms with van der Waals surface area (Å²) < 4.78 is 25.8. The van der Waals surface area contributed by atoms with Crippen molar-refractivity contribution in [2.45, 2.75) is 26.5 Å². The summed E-state index contributed by atoms with van der Waals surface area (Å²) in [6, 6.07) is 11.8. The highest BCUT2D eigenvalue weighted by molar-refractivity contribution is 7.21. The molecule has 0 aliphatic carbocycles. The van der Waals surface area contributed by atoms with E-state index in [-0.39, 0.29) is 39.6 Å². The molecule has 0 radical (unpaired) electrons. The number of amides is 2. The van der Waals surface area contributed by atoms with E-state index in [0.717, 1.165) is 6.07 Å². The van der Waals surface area contributed by atoms with Gasteiger partial charge in [0.15, 0.2) is 10.9 Å². The Balaban J connectivity index is 1.53. The highest BCUT2D eigenvalue weighted by Crippen LogP contribution is 2.32. The van der Waals surface area contributed by atoms with Crippen LogP contribution >= 0.6 is 22.9 Å². The Labute approximate surface area is 214 Å². The van der Waals surface area contributed by atoms with Crippen LogP contribution in [0.3, 0.4) is 0 Å². The zero-order chi connectivity index (χ0) is 26.0. The predicted octanol–water partition coefficient (Wildman–Crippen LogP) is 5.56. The zero-order valence-corrected chi connectivity index (χ0v) is 21.0. The molecule has 2 heterocycles. The number of thiazole rings is 1. The smallest absolute Gasteiger partial charge is 0.257 e. The SMILES string of the molecule is CC(=O)Nc1nc2ccc(Oc3ccc(F)c(NC(=O)c4cccc(OC(C)(C)N)c4Cl)c3)nc2s1. The molecule has 12 heteroatoms. The second kappa shape index (κ2) is 10.1. The molecular formula is C24H21ClFN5O4S. The van der Waals surface area contributed by atoms with Crippen LogP contribution in [0.15, 0.2) is 48.5 Å². The Bertz CT molecular complexity index is 1470. The van der Waals surface area contributed by atoms with Crippen molar-refractivity contribution < 1.29 is 23.5 Å². The first-order valence-electron chi connectivity index (χ1n) is 10.6. The van der Waals surface area contributed by atoms with Crippen molar-refractivity contribution in [3.8, 4) is 17.4 Å². The molecule has 4 aromatic rings. The number of benzene rings is 2. The number of nitrogens with zero attached hydrogens (tertiary/aromatic N) is 2. The van der Waals surface area contributed by atoms with E-state index in [4.69, 9.17) is 26.8 Å². The van der Waals surface area contributed by atoms with Gasteiger partial charge in [0.05, 0.1) is 16.3 Å². The molecule has 4 rings (SSSR count). The van der Waals surface area contributed by atoms with Crippen LogP contribution < -0.4 is 25.8 Å². The van der Waals surface area contributed by atoms with Crippen molar-refractivity contribution in [1.29, 1.82) is 0 Å². The van der Waals surface area contributed by atoms with E-state index in [9.17, 15) is 14.0 Å². The minimum atomic E-state index is -1.02. The number of anilines is 2. The fourth-order valence-corrected chi connectivity index (χ4v) is 4.21. The van der Waals surface area contributed by atoms with Crippen LogP contribution in [0.5, 0.6) is 17.4 Å². The molecule has 2 aromatic carbocycles. The normalized spacial score (nSPS) is 11.3. The van der Waals surface area contributed by atoms with Gasteiger partial charge in [-0.3, -0.25) is 15.3 Å². The van der Waals surface area contributed by atoms with Gasteiger partial charge in [0, 0.05) is 19.1 Å².